The van der Waals surface area contributed by atoms with Gasteiger partial charge in [-0.25, -0.2) is 0 Å². The van der Waals surface area contributed by atoms with Gasteiger partial charge in [0.25, 0.3) is 0 Å². The van der Waals surface area contributed by atoms with Crippen molar-refractivity contribution >= 4 is 0 Å². The Morgan fingerprint density at radius 2 is 2.07 bits per heavy atom. The Bertz CT molecular complexity index is 687. The molecule has 0 bridgehead atoms. The quantitative estimate of drug-likeness (QED) is 0.702. The highest BCUT2D eigenvalue weighted by Crippen LogP contribution is 2.42. The molecule has 2 fully saturated rings. The number of piperidine rings is 1. The summed E-state index contributed by atoms with van der Waals surface area (Å²) in [6.07, 6.45) is 10.1. The Morgan fingerprint density at radius 1 is 1.15 bits per heavy atom. The van der Waals surface area contributed by atoms with E-state index in [0.29, 0.717) is 12.5 Å². The summed E-state index contributed by atoms with van der Waals surface area (Å²) in [5, 5.41) is 0. The van der Waals surface area contributed by atoms with Crippen molar-refractivity contribution in [2.24, 2.45) is 5.92 Å². The zero-order chi connectivity index (χ0) is 18.4. The molecular weight excluding hydrogens is 338 g/mol. The fourth-order valence-electron chi connectivity index (χ4n) is 4.47. The summed E-state index contributed by atoms with van der Waals surface area (Å²) >= 11 is 0. The summed E-state index contributed by atoms with van der Waals surface area (Å²) in [6, 6.07) is 10.1. The van der Waals surface area contributed by atoms with Gasteiger partial charge in [0.1, 0.15) is 0 Å². The average molecular weight is 367 g/mol. The maximum Gasteiger partial charge on any atom is 0.0887 e. The first-order valence-electron chi connectivity index (χ1n) is 10.1. The molecule has 2 saturated heterocycles. The molecule has 4 heterocycles. The number of ether oxygens (including phenoxy) is 2. The van der Waals surface area contributed by atoms with E-state index in [1.54, 1.807) is 0 Å². The lowest BCUT2D eigenvalue weighted by Gasteiger charge is -2.42. The first kappa shape index (κ1) is 18.5. The molecule has 0 aliphatic carbocycles. The molecule has 4 rings (SSSR count). The highest BCUT2D eigenvalue weighted by molar-refractivity contribution is 5.09. The summed E-state index contributed by atoms with van der Waals surface area (Å²) in [5.74, 6) is 0.613. The normalized spacial score (nSPS) is 22.3. The Balaban J connectivity index is 1.23. The van der Waals surface area contributed by atoms with Gasteiger partial charge in [-0.15, -0.1) is 0 Å². The van der Waals surface area contributed by atoms with Crippen LogP contribution in [0.3, 0.4) is 0 Å². The van der Waals surface area contributed by atoms with Gasteiger partial charge in [0.2, 0.25) is 0 Å². The maximum atomic E-state index is 6.30. The van der Waals surface area contributed by atoms with E-state index in [-0.39, 0.29) is 5.60 Å². The number of hydrogen-bond donors (Lipinski definition) is 0. The molecule has 1 spiro atoms. The summed E-state index contributed by atoms with van der Waals surface area (Å²) < 4.78 is 12.2. The summed E-state index contributed by atoms with van der Waals surface area (Å²) in [7, 11) is 0. The molecule has 0 saturated carbocycles. The molecule has 0 amide bonds. The van der Waals surface area contributed by atoms with Gasteiger partial charge >= 0.3 is 0 Å². The molecule has 2 aromatic heterocycles. The number of pyridine rings is 2. The second kappa shape index (κ2) is 8.91. The van der Waals surface area contributed by atoms with Crippen molar-refractivity contribution < 1.29 is 9.47 Å². The van der Waals surface area contributed by atoms with E-state index in [1.165, 1.54) is 5.56 Å². The maximum absolute atomic E-state index is 6.30. The fourth-order valence-corrected chi connectivity index (χ4v) is 4.47. The SMILES string of the molecule is c1ccc(COCC[C@@H]2CCOC23CCN(Cc2cccnc2)CC3)nc1. The third-order valence-electron chi connectivity index (χ3n) is 6.02. The van der Waals surface area contributed by atoms with E-state index in [1.807, 2.05) is 42.9 Å². The number of aromatic nitrogens is 2. The average Bonchev–Trinajstić information content (AvgIpc) is 3.11. The van der Waals surface area contributed by atoms with Gasteiger partial charge in [-0.3, -0.25) is 14.9 Å². The molecule has 5 nitrogen and oxygen atoms in total. The Kier molecular flexibility index (Phi) is 6.12. The smallest absolute Gasteiger partial charge is 0.0887 e. The largest absolute Gasteiger partial charge is 0.375 e. The summed E-state index contributed by atoms with van der Waals surface area (Å²) in [5.41, 5.74) is 2.36. The predicted molar refractivity (Wildman–Crippen MR) is 104 cm³/mol. The summed E-state index contributed by atoms with van der Waals surface area (Å²) in [6.45, 7) is 5.46. The highest BCUT2D eigenvalue weighted by Gasteiger charge is 2.45. The topological polar surface area (TPSA) is 47.5 Å². The molecule has 5 heteroatoms. The van der Waals surface area contributed by atoms with Gasteiger partial charge in [0, 0.05) is 51.4 Å². The van der Waals surface area contributed by atoms with Crippen molar-refractivity contribution in [2.45, 2.75) is 44.4 Å². The zero-order valence-electron chi connectivity index (χ0n) is 15.9. The van der Waals surface area contributed by atoms with Crippen molar-refractivity contribution in [3.05, 3.63) is 60.2 Å². The van der Waals surface area contributed by atoms with E-state index < -0.39 is 0 Å². The standard InChI is InChI=1S/C22H29N3O2/c1-2-11-24-21(5-1)18-26-14-6-20-7-15-27-22(20)8-12-25(13-9-22)17-19-4-3-10-23-16-19/h1-5,10-11,16,20H,6-9,12-15,17-18H2/t20-/m1/s1. The van der Waals surface area contributed by atoms with Crippen LogP contribution >= 0.6 is 0 Å². The zero-order valence-corrected chi connectivity index (χ0v) is 15.9. The minimum absolute atomic E-state index is 0.0692. The second-order valence-corrected chi connectivity index (χ2v) is 7.70. The second-order valence-electron chi connectivity index (χ2n) is 7.70. The van der Waals surface area contributed by atoms with Gasteiger partial charge in [-0.05, 0) is 55.4 Å². The molecule has 0 aromatic carbocycles. The van der Waals surface area contributed by atoms with Crippen LogP contribution in [0.25, 0.3) is 0 Å². The molecule has 0 N–H and O–H groups in total. The van der Waals surface area contributed by atoms with E-state index in [9.17, 15) is 0 Å². The number of nitrogens with zero attached hydrogens (tertiary/aromatic N) is 3. The van der Waals surface area contributed by atoms with Gasteiger partial charge in [-0.2, -0.15) is 0 Å². The van der Waals surface area contributed by atoms with E-state index in [0.717, 1.165) is 64.2 Å². The van der Waals surface area contributed by atoms with Crippen LogP contribution in [0.5, 0.6) is 0 Å². The minimum Gasteiger partial charge on any atom is -0.375 e. The number of rotatable bonds is 7. The third kappa shape index (κ3) is 4.72. The van der Waals surface area contributed by atoms with Gasteiger partial charge in [-0.1, -0.05) is 12.1 Å². The van der Waals surface area contributed by atoms with Gasteiger partial charge in [0.15, 0.2) is 0 Å². The van der Waals surface area contributed by atoms with Crippen LogP contribution in [0.1, 0.15) is 36.9 Å². The van der Waals surface area contributed by atoms with E-state index in [2.05, 4.69) is 20.9 Å². The van der Waals surface area contributed by atoms with Crippen molar-refractivity contribution in [1.29, 1.82) is 0 Å². The van der Waals surface area contributed by atoms with Gasteiger partial charge < -0.3 is 9.47 Å². The molecule has 2 aliphatic rings. The molecule has 27 heavy (non-hydrogen) atoms. The number of hydrogen-bond acceptors (Lipinski definition) is 5. The molecule has 1 atom stereocenters. The van der Waals surface area contributed by atoms with Crippen molar-refractivity contribution in [1.82, 2.24) is 14.9 Å². The predicted octanol–water partition coefficient (Wildman–Crippen LogP) is 3.45. The first-order chi connectivity index (χ1) is 13.3. The first-order valence-corrected chi connectivity index (χ1v) is 10.1. The van der Waals surface area contributed by atoms with Crippen molar-refractivity contribution in [3.63, 3.8) is 0 Å². The Hall–Kier alpha value is -1.82. The molecule has 2 aromatic rings. The Morgan fingerprint density at radius 3 is 2.85 bits per heavy atom. The van der Waals surface area contributed by atoms with E-state index >= 15 is 0 Å². The summed E-state index contributed by atoms with van der Waals surface area (Å²) in [4.78, 5) is 11.1. The van der Waals surface area contributed by atoms with Crippen LogP contribution in [0.4, 0.5) is 0 Å². The van der Waals surface area contributed by atoms with Crippen molar-refractivity contribution in [3.8, 4) is 0 Å². The highest BCUT2D eigenvalue weighted by atomic mass is 16.5. The minimum atomic E-state index is 0.0692. The van der Waals surface area contributed by atoms with Crippen LogP contribution in [0.2, 0.25) is 0 Å². The third-order valence-corrected chi connectivity index (χ3v) is 6.02. The Labute approximate surface area is 161 Å². The lowest BCUT2D eigenvalue weighted by atomic mass is 9.78. The van der Waals surface area contributed by atoms with Crippen LogP contribution < -0.4 is 0 Å². The molecule has 144 valence electrons. The molecule has 2 aliphatic heterocycles. The van der Waals surface area contributed by atoms with Gasteiger partial charge in [0.05, 0.1) is 17.9 Å². The van der Waals surface area contributed by atoms with E-state index in [4.69, 9.17) is 9.47 Å². The van der Waals surface area contributed by atoms with Crippen LogP contribution in [0, 0.1) is 5.92 Å². The van der Waals surface area contributed by atoms with Crippen LogP contribution in [-0.2, 0) is 22.6 Å². The monoisotopic (exact) mass is 367 g/mol. The fraction of sp³-hybridized carbons (Fsp3) is 0.545. The van der Waals surface area contributed by atoms with Crippen LogP contribution in [-0.4, -0.2) is 46.8 Å². The number of likely N-dealkylation sites (tertiary alicyclic amines) is 1. The molecular formula is C22H29N3O2. The van der Waals surface area contributed by atoms with Crippen LogP contribution in [0.15, 0.2) is 48.9 Å². The lowest BCUT2D eigenvalue weighted by molar-refractivity contribution is -0.0734. The lowest BCUT2D eigenvalue weighted by Crippen LogP contribution is -2.47. The molecule has 0 radical (unpaired) electrons. The van der Waals surface area contributed by atoms with Crippen molar-refractivity contribution in [2.75, 3.05) is 26.3 Å². The molecule has 0 unspecified atom stereocenters.